The average Bonchev–Trinajstić information content (AvgIpc) is 2.85. The van der Waals surface area contributed by atoms with Crippen molar-refractivity contribution in [2.45, 2.75) is 30.6 Å². The van der Waals surface area contributed by atoms with Gasteiger partial charge in [0.2, 0.25) is 0 Å². The summed E-state index contributed by atoms with van der Waals surface area (Å²) in [4.78, 5) is 0.310. The zero-order valence-electron chi connectivity index (χ0n) is 11.1. The van der Waals surface area contributed by atoms with E-state index in [2.05, 4.69) is 15.9 Å². The third-order valence-electron chi connectivity index (χ3n) is 3.73. The summed E-state index contributed by atoms with van der Waals surface area (Å²) >= 11 is 3.58. The van der Waals surface area contributed by atoms with Gasteiger partial charge in [-0.15, -0.1) is 0 Å². The van der Waals surface area contributed by atoms with E-state index in [0.29, 0.717) is 17.3 Å². The molecule has 0 atom stereocenters. The van der Waals surface area contributed by atoms with Crippen molar-refractivity contribution in [2.24, 2.45) is 5.41 Å². The summed E-state index contributed by atoms with van der Waals surface area (Å²) in [6.45, 7) is 0.644. The van der Waals surface area contributed by atoms with Crippen molar-refractivity contribution in [3.63, 3.8) is 0 Å². The highest BCUT2D eigenvalue weighted by molar-refractivity contribution is 9.09. The Labute approximate surface area is 123 Å². The number of halogens is 1. The molecule has 1 aromatic carbocycles. The number of hydrogen-bond donors (Lipinski definition) is 0. The molecule has 0 radical (unpaired) electrons. The first kappa shape index (κ1) is 14.9. The molecule has 0 aromatic heterocycles. The van der Waals surface area contributed by atoms with Crippen molar-refractivity contribution in [1.82, 2.24) is 0 Å². The minimum atomic E-state index is -3.17. The van der Waals surface area contributed by atoms with Gasteiger partial charge in [0.05, 0.1) is 11.5 Å². The minimum Gasteiger partial charge on any atom is -0.493 e. The number of benzene rings is 1. The fourth-order valence-electron chi connectivity index (χ4n) is 2.47. The third-order valence-corrected chi connectivity index (χ3v) is 6.03. The predicted molar refractivity (Wildman–Crippen MR) is 79.7 cm³/mol. The van der Waals surface area contributed by atoms with Crippen LogP contribution < -0.4 is 4.74 Å². The van der Waals surface area contributed by atoms with Gasteiger partial charge in [0.15, 0.2) is 9.84 Å². The van der Waals surface area contributed by atoms with E-state index in [0.717, 1.165) is 5.33 Å². The second-order valence-electron chi connectivity index (χ2n) is 5.38. The molecule has 0 bridgehead atoms. The summed E-state index contributed by atoms with van der Waals surface area (Å²) in [5.41, 5.74) is 0.209. The zero-order valence-corrected chi connectivity index (χ0v) is 13.5. The van der Waals surface area contributed by atoms with E-state index >= 15 is 0 Å². The van der Waals surface area contributed by atoms with Crippen molar-refractivity contribution in [3.8, 4) is 5.75 Å². The molecule has 0 aliphatic heterocycles. The average molecular weight is 347 g/mol. The van der Waals surface area contributed by atoms with Gasteiger partial charge in [-0.3, -0.25) is 0 Å². The quantitative estimate of drug-likeness (QED) is 0.767. The number of hydrogen-bond acceptors (Lipinski definition) is 3. The molecular formula is C14H19BrO3S. The van der Waals surface area contributed by atoms with Crippen LogP contribution in [0.1, 0.15) is 25.7 Å². The highest BCUT2D eigenvalue weighted by Gasteiger charge is 2.33. The van der Waals surface area contributed by atoms with Crippen LogP contribution in [0.15, 0.2) is 29.2 Å². The molecule has 0 amide bonds. The molecule has 0 heterocycles. The van der Waals surface area contributed by atoms with Crippen LogP contribution in [-0.4, -0.2) is 26.6 Å². The Hall–Kier alpha value is -0.550. The molecule has 106 valence electrons. The maximum atomic E-state index is 11.5. The molecule has 5 heteroatoms. The van der Waals surface area contributed by atoms with Crippen molar-refractivity contribution >= 4 is 25.8 Å². The molecule has 1 fully saturated rings. The van der Waals surface area contributed by atoms with Crippen LogP contribution in [0.3, 0.4) is 0 Å². The standard InChI is InChI=1S/C14H19BrO3S/c1-19(16,17)13-6-4-5-12(9-13)18-11-14(10-15)7-2-3-8-14/h4-6,9H,2-3,7-8,10-11H2,1H3. The van der Waals surface area contributed by atoms with Gasteiger partial charge in [-0.2, -0.15) is 0 Å². The first-order valence-electron chi connectivity index (χ1n) is 6.44. The van der Waals surface area contributed by atoms with E-state index < -0.39 is 9.84 Å². The van der Waals surface area contributed by atoms with Crippen molar-refractivity contribution in [1.29, 1.82) is 0 Å². The normalized spacial score (nSPS) is 18.4. The van der Waals surface area contributed by atoms with E-state index in [1.54, 1.807) is 18.2 Å². The van der Waals surface area contributed by atoms with Crippen LogP contribution in [0.4, 0.5) is 0 Å². The van der Waals surface area contributed by atoms with Gasteiger partial charge in [0.25, 0.3) is 0 Å². The second-order valence-corrected chi connectivity index (χ2v) is 7.95. The largest absolute Gasteiger partial charge is 0.493 e. The lowest BCUT2D eigenvalue weighted by Crippen LogP contribution is -2.27. The molecule has 1 aliphatic rings. The van der Waals surface area contributed by atoms with Gasteiger partial charge in [0.1, 0.15) is 5.75 Å². The summed E-state index contributed by atoms with van der Waals surface area (Å²) in [5, 5.41) is 0.936. The van der Waals surface area contributed by atoms with Gasteiger partial charge in [-0.25, -0.2) is 8.42 Å². The Morgan fingerprint density at radius 3 is 2.58 bits per heavy atom. The van der Waals surface area contributed by atoms with Crippen LogP contribution in [-0.2, 0) is 9.84 Å². The highest BCUT2D eigenvalue weighted by atomic mass is 79.9. The molecule has 19 heavy (non-hydrogen) atoms. The van der Waals surface area contributed by atoms with Gasteiger partial charge in [-0.05, 0) is 31.0 Å². The lowest BCUT2D eigenvalue weighted by molar-refractivity contribution is 0.173. The molecule has 1 aromatic rings. The summed E-state index contributed by atoms with van der Waals surface area (Å²) in [6, 6.07) is 6.73. The fraction of sp³-hybridized carbons (Fsp3) is 0.571. The lowest BCUT2D eigenvalue weighted by atomic mass is 9.90. The highest BCUT2D eigenvalue weighted by Crippen LogP contribution is 2.40. The van der Waals surface area contributed by atoms with Crippen LogP contribution in [0, 0.1) is 5.41 Å². The summed E-state index contributed by atoms with van der Waals surface area (Å²) in [6.07, 6.45) is 6.05. The maximum absolute atomic E-state index is 11.5. The summed E-state index contributed by atoms with van der Waals surface area (Å²) in [5.74, 6) is 0.634. The molecule has 2 rings (SSSR count). The van der Waals surface area contributed by atoms with Crippen molar-refractivity contribution in [2.75, 3.05) is 18.2 Å². The SMILES string of the molecule is CS(=O)(=O)c1cccc(OCC2(CBr)CCCC2)c1. The predicted octanol–water partition coefficient (Wildman–Crippen LogP) is 3.42. The number of alkyl halides is 1. The molecule has 0 saturated heterocycles. The Morgan fingerprint density at radius 1 is 1.32 bits per heavy atom. The summed E-state index contributed by atoms with van der Waals surface area (Å²) in [7, 11) is -3.17. The number of ether oxygens (including phenoxy) is 1. The first-order chi connectivity index (χ1) is 8.95. The Balaban J connectivity index is 2.08. The molecule has 1 saturated carbocycles. The molecule has 0 unspecified atom stereocenters. The smallest absolute Gasteiger partial charge is 0.175 e. The van der Waals surface area contributed by atoms with Gasteiger partial charge in [-0.1, -0.05) is 34.8 Å². The van der Waals surface area contributed by atoms with E-state index in [1.165, 1.54) is 31.9 Å². The molecule has 0 N–H and O–H groups in total. The number of sulfone groups is 1. The van der Waals surface area contributed by atoms with Crippen LogP contribution in [0.2, 0.25) is 0 Å². The molecule has 0 spiro atoms. The summed E-state index contributed by atoms with van der Waals surface area (Å²) < 4.78 is 28.8. The van der Waals surface area contributed by atoms with E-state index in [4.69, 9.17) is 4.74 Å². The van der Waals surface area contributed by atoms with E-state index in [1.807, 2.05) is 6.07 Å². The maximum Gasteiger partial charge on any atom is 0.175 e. The Kier molecular flexibility index (Phi) is 4.56. The third kappa shape index (κ3) is 3.72. The fourth-order valence-corrected chi connectivity index (χ4v) is 3.85. The zero-order chi connectivity index (χ0) is 13.9. The molecule has 3 nitrogen and oxygen atoms in total. The molecular weight excluding hydrogens is 328 g/mol. The second kappa shape index (κ2) is 5.83. The van der Waals surface area contributed by atoms with Crippen molar-refractivity contribution < 1.29 is 13.2 Å². The van der Waals surface area contributed by atoms with Crippen LogP contribution in [0.5, 0.6) is 5.75 Å². The number of rotatable bonds is 5. The Morgan fingerprint density at radius 2 is 2.00 bits per heavy atom. The van der Waals surface area contributed by atoms with Crippen LogP contribution in [0.25, 0.3) is 0 Å². The molecule has 1 aliphatic carbocycles. The minimum absolute atomic E-state index is 0.209. The van der Waals surface area contributed by atoms with Gasteiger partial charge < -0.3 is 4.74 Å². The lowest BCUT2D eigenvalue weighted by Gasteiger charge is -2.26. The topological polar surface area (TPSA) is 43.4 Å². The monoisotopic (exact) mass is 346 g/mol. The van der Waals surface area contributed by atoms with Gasteiger partial charge in [0, 0.05) is 17.0 Å². The Bertz CT molecular complexity index is 533. The van der Waals surface area contributed by atoms with Gasteiger partial charge >= 0.3 is 0 Å². The van der Waals surface area contributed by atoms with Crippen LogP contribution >= 0.6 is 15.9 Å². The van der Waals surface area contributed by atoms with Crippen molar-refractivity contribution in [3.05, 3.63) is 24.3 Å². The van der Waals surface area contributed by atoms with E-state index in [-0.39, 0.29) is 5.41 Å². The first-order valence-corrected chi connectivity index (χ1v) is 9.45. The van der Waals surface area contributed by atoms with E-state index in [9.17, 15) is 8.42 Å².